The number of aliphatic hydroxyl groups is 1. The van der Waals surface area contributed by atoms with Crippen molar-refractivity contribution in [3.63, 3.8) is 0 Å². The van der Waals surface area contributed by atoms with Gasteiger partial charge in [0.25, 0.3) is 0 Å². The summed E-state index contributed by atoms with van der Waals surface area (Å²) in [6, 6.07) is 16.8. The van der Waals surface area contributed by atoms with Gasteiger partial charge in [-0.1, -0.05) is 48.5 Å². The molecule has 1 aliphatic heterocycles. The van der Waals surface area contributed by atoms with Crippen LogP contribution in [-0.2, 0) is 4.74 Å². The molecule has 26 heavy (non-hydrogen) atoms. The standard InChI is InChI=1S/C22H25NO3/c24-14-12-16-7-5-6-13-23(16)22(25)26-15-21-19-10-3-1-8-17(19)18-9-2-4-11-20(18)21/h1-4,8-11,16,21,24H,5-7,12-15H2/t16-/m0/s1. The van der Waals surface area contributed by atoms with Crippen LogP contribution in [0.5, 0.6) is 0 Å². The third-order valence-corrected chi connectivity index (χ3v) is 5.66. The first-order valence-electron chi connectivity index (χ1n) is 9.52. The van der Waals surface area contributed by atoms with E-state index in [0.29, 0.717) is 13.0 Å². The Morgan fingerprint density at radius 2 is 1.69 bits per heavy atom. The lowest BCUT2D eigenvalue weighted by Gasteiger charge is -2.34. The molecule has 136 valence electrons. The Morgan fingerprint density at radius 1 is 1.04 bits per heavy atom. The van der Waals surface area contributed by atoms with E-state index in [1.165, 1.54) is 22.3 Å². The smallest absolute Gasteiger partial charge is 0.410 e. The van der Waals surface area contributed by atoms with E-state index in [-0.39, 0.29) is 24.7 Å². The molecule has 1 amide bonds. The molecule has 0 saturated carbocycles. The van der Waals surface area contributed by atoms with Gasteiger partial charge in [0.1, 0.15) is 6.61 Å². The van der Waals surface area contributed by atoms with Gasteiger partial charge in [0.05, 0.1) is 0 Å². The van der Waals surface area contributed by atoms with E-state index in [9.17, 15) is 9.90 Å². The van der Waals surface area contributed by atoms with E-state index >= 15 is 0 Å². The number of hydrogen-bond donors (Lipinski definition) is 1. The van der Waals surface area contributed by atoms with Crippen LogP contribution in [0.3, 0.4) is 0 Å². The Bertz CT molecular complexity index is 741. The molecule has 4 heteroatoms. The molecule has 2 aromatic rings. The average molecular weight is 351 g/mol. The van der Waals surface area contributed by atoms with Crippen molar-refractivity contribution in [1.29, 1.82) is 0 Å². The van der Waals surface area contributed by atoms with Crippen LogP contribution in [0.4, 0.5) is 4.79 Å². The van der Waals surface area contributed by atoms with E-state index in [1.54, 1.807) is 0 Å². The van der Waals surface area contributed by atoms with Crippen LogP contribution in [0.25, 0.3) is 11.1 Å². The normalized spacial score (nSPS) is 19.1. The topological polar surface area (TPSA) is 49.8 Å². The van der Waals surface area contributed by atoms with Crippen LogP contribution >= 0.6 is 0 Å². The fourth-order valence-electron chi connectivity index (χ4n) is 4.37. The molecular formula is C22H25NO3. The number of carbonyl (C=O) groups is 1. The van der Waals surface area contributed by atoms with E-state index < -0.39 is 0 Å². The summed E-state index contributed by atoms with van der Waals surface area (Å²) in [7, 11) is 0. The lowest BCUT2D eigenvalue weighted by Crippen LogP contribution is -2.44. The number of amides is 1. The predicted molar refractivity (Wildman–Crippen MR) is 101 cm³/mol. The number of aliphatic hydroxyl groups excluding tert-OH is 1. The molecule has 0 aromatic heterocycles. The highest BCUT2D eigenvalue weighted by atomic mass is 16.6. The second-order valence-electron chi connectivity index (χ2n) is 7.16. The third-order valence-electron chi connectivity index (χ3n) is 5.66. The first kappa shape index (κ1) is 17.1. The Labute approximate surface area is 154 Å². The molecule has 2 aromatic carbocycles. The molecule has 0 spiro atoms. The Kier molecular flexibility index (Phi) is 4.93. The highest BCUT2D eigenvalue weighted by molar-refractivity contribution is 5.79. The minimum Gasteiger partial charge on any atom is -0.448 e. The molecule has 0 bridgehead atoms. The third kappa shape index (κ3) is 3.10. The van der Waals surface area contributed by atoms with E-state index in [2.05, 4.69) is 36.4 Å². The molecule has 1 N–H and O–H groups in total. The molecule has 1 heterocycles. The first-order chi connectivity index (χ1) is 12.8. The largest absolute Gasteiger partial charge is 0.448 e. The predicted octanol–water partition coefficient (Wildman–Crippen LogP) is 4.17. The molecule has 4 rings (SSSR count). The molecule has 2 aliphatic rings. The summed E-state index contributed by atoms with van der Waals surface area (Å²) < 4.78 is 5.76. The maximum atomic E-state index is 12.7. The Morgan fingerprint density at radius 3 is 2.35 bits per heavy atom. The van der Waals surface area contributed by atoms with Crippen molar-refractivity contribution in [3.8, 4) is 11.1 Å². The summed E-state index contributed by atoms with van der Waals surface area (Å²) in [5.41, 5.74) is 4.93. The molecule has 0 unspecified atom stereocenters. The molecule has 1 aliphatic carbocycles. The van der Waals surface area contributed by atoms with Crippen molar-refractivity contribution < 1.29 is 14.6 Å². The summed E-state index contributed by atoms with van der Waals surface area (Å²) in [6.45, 7) is 1.19. The van der Waals surface area contributed by atoms with Crippen molar-refractivity contribution in [2.24, 2.45) is 0 Å². The van der Waals surface area contributed by atoms with Crippen LogP contribution in [0.15, 0.2) is 48.5 Å². The molecule has 4 nitrogen and oxygen atoms in total. The Hall–Kier alpha value is -2.33. The second-order valence-corrected chi connectivity index (χ2v) is 7.16. The van der Waals surface area contributed by atoms with Crippen molar-refractivity contribution in [2.75, 3.05) is 19.8 Å². The highest BCUT2D eigenvalue weighted by Crippen LogP contribution is 2.44. The van der Waals surface area contributed by atoms with Gasteiger partial charge in [0, 0.05) is 25.1 Å². The zero-order valence-electron chi connectivity index (χ0n) is 14.9. The second kappa shape index (κ2) is 7.50. The van der Waals surface area contributed by atoms with Gasteiger partial charge in [-0.15, -0.1) is 0 Å². The van der Waals surface area contributed by atoms with Crippen LogP contribution in [0, 0.1) is 0 Å². The van der Waals surface area contributed by atoms with E-state index in [4.69, 9.17) is 4.74 Å². The zero-order valence-corrected chi connectivity index (χ0v) is 14.9. The summed E-state index contributed by atoms with van der Waals surface area (Å²) in [4.78, 5) is 14.5. The van der Waals surface area contributed by atoms with Crippen LogP contribution in [0.2, 0.25) is 0 Å². The summed E-state index contributed by atoms with van der Waals surface area (Å²) in [5, 5.41) is 9.26. The van der Waals surface area contributed by atoms with Crippen molar-refractivity contribution >= 4 is 6.09 Å². The number of ether oxygens (including phenoxy) is 1. The zero-order chi connectivity index (χ0) is 17.9. The van der Waals surface area contributed by atoms with Gasteiger partial charge < -0.3 is 14.7 Å². The first-order valence-corrected chi connectivity index (χ1v) is 9.52. The van der Waals surface area contributed by atoms with Gasteiger partial charge in [0.15, 0.2) is 0 Å². The van der Waals surface area contributed by atoms with Crippen molar-refractivity contribution in [3.05, 3.63) is 59.7 Å². The number of hydrogen-bond acceptors (Lipinski definition) is 3. The van der Waals surface area contributed by atoms with Crippen LogP contribution in [-0.4, -0.2) is 41.9 Å². The van der Waals surface area contributed by atoms with Gasteiger partial charge in [-0.2, -0.15) is 0 Å². The molecule has 0 radical (unpaired) electrons. The number of fused-ring (bicyclic) bond motifs is 3. The fourth-order valence-corrected chi connectivity index (χ4v) is 4.37. The van der Waals surface area contributed by atoms with E-state index in [0.717, 1.165) is 25.8 Å². The lowest BCUT2D eigenvalue weighted by atomic mass is 9.98. The monoisotopic (exact) mass is 351 g/mol. The number of likely N-dealkylation sites (tertiary alicyclic amines) is 1. The molecule has 1 saturated heterocycles. The van der Waals surface area contributed by atoms with Gasteiger partial charge in [-0.05, 0) is 47.9 Å². The average Bonchev–Trinajstić information content (AvgIpc) is 3.01. The number of rotatable bonds is 4. The lowest BCUT2D eigenvalue weighted by molar-refractivity contribution is 0.0641. The summed E-state index contributed by atoms with van der Waals surface area (Å²) in [5.74, 6) is 0.0902. The SMILES string of the molecule is O=C(OCC1c2ccccc2-c2ccccc21)N1CCCC[C@H]1CCO. The van der Waals surface area contributed by atoms with Gasteiger partial charge in [0.2, 0.25) is 0 Å². The fraction of sp³-hybridized carbons (Fsp3) is 0.409. The van der Waals surface area contributed by atoms with Crippen molar-refractivity contribution in [2.45, 2.75) is 37.6 Å². The van der Waals surface area contributed by atoms with Crippen LogP contribution < -0.4 is 0 Å². The maximum absolute atomic E-state index is 12.7. The number of carbonyl (C=O) groups excluding carboxylic acids is 1. The van der Waals surface area contributed by atoms with Gasteiger partial charge in [-0.25, -0.2) is 4.79 Å². The number of piperidine rings is 1. The molecular weight excluding hydrogens is 326 g/mol. The van der Waals surface area contributed by atoms with Gasteiger partial charge in [-0.3, -0.25) is 0 Å². The van der Waals surface area contributed by atoms with E-state index in [1.807, 2.05) is 17.0 Å². The highest BCUT2D eigenvalue weighted by Gasteiger charge is 2.31. The summed E-state index contributed by atoms with van der Waals surface area (Å²) >= 11 is 0. The maximum Gasteiger partial charge on any atom is 0.410 e. The van der Waals surface area contributed by atoms with Gasteiger partial charge >= 0.3 is 6.09 Å². The minimum absolute atomic E-state index is 0.0902. The Balaban J connectivity index is 1.50. The summed E-state index contributed by atoms with van der Waals surface area (Å²) in [6.07, 6.45) is 3.45. The quantitative estimate of drug-likeness (QED) is 0.899. The molecule has 1 fully saturated rings. The molecule has 1 atom stereocenters. The van der Waals surface area contributed by atoms with Crippen molar-refractivity contribution in [1.82, 2.24) is 4.90 Å². The number of benzene rings is 2. The minimum atomic E-state index is -0.245. The number of nitrogens with zero attached hydrogens (tertiary/aromatic N) is 1. The van der Waals surface area contributed by atoms with Crippen LogP contribution in [0.1, 0.15) is 42.7 Å².